The Labute approximate surface area is 76.2 Å². The number of benzene rings is 1. The summed E-state index contributed by atoms with van der Waals surface area (Å²) in [6.45, 7) is 0. The van der Waals surface area contributed by atoms with Crippen molar-refractivity contribution in [3.05, 3.63) is 36.4 Å². The van der Waals surface area contributed by atoms with E-state index in [-0.39, 0.29) is 40.0 Å². The van der Waals surface area contributed by atoms with Crippen LogP contribution in [0.15, 0.2) is 36.4 Å². The first-order valence-electron chi connectivity index (χ1n) is 2.00. The number of rotatable bonds is 0. The van der Waals surface area contributed by atoms with E-state index in [9.17, 15) is 0 Å². The van der Waals surface area contributed by atoms with Gasteiger partial charge in [-0.1, -0.05) is 36.4 Å². The molecule has 0 radical (unpaired) electrons. The largest absolute Gasteiger partial charge is 0.316 e. The highest BCUT2D eigenvalue weighted by Gasteiger charge is 1.57. The van der Waals surface area contributed by atoms with E-state index < -0.39 is 0 Å². The molecule has 0 saturated carbocycles. The molecule has 0 aromatic heterocycles. The average molecular weight is 185 g/mol. The normalized spacial score (nSPS) is 6.00. The molecule has 0 bridgehead atoms. The molecule has 8 heavy (non-hydrogen) atoms. The molecule has 0 fully saturated rings. The summed E-state index contributed by atoms with van der Waals surface area (Å²) in [6, 6.07) is 12.0. The summed E-state index contributed by atoms with van der Waals surface area (Å²) < 4.78 is 0. The molecule has 1 aromatic rings. The second-order valence-corrected chi connectivity index (χ2v) is 1.15. The monoisotopic (exact) mass is 184 g/mol. The van der Waals surface area contributed by atoms with Crippen molar-refractivity contribution in [2.75, 3.05) is 0 Å². The van der Waals surface area contributed by atoms with Crippen molar-refractivity contribution in [1.29, 1.82) is 0 Å². The van der Waals surface area contributed by atoms with Crippen LogP contribution in [0.5, 0.6) is 0 Å². The van der Waals surface area contributed by atoms with Gasteiger partial charge in [0.15, 0.2) is 0 Å². The fourth-order valence-corrected chi connectivity index (χ4v) is 0.385. The van der Waals surface area contributed by atoms with Gasteiger partial charge in [-0.3, -0.25) is 0 Å². The molecule has 42 valence electrons. The fourth-order valence-electron chi connectivity index (χ4n) is 0.385. The van der Waals surface area contributed by atoms with E-state index in [4.69, 9.17) is 0 Å². The fraction of sp³-hybridized carbons (Fsp3) is 0. The maximum atomic E-state index is 2.00. The zero-order valence-corrected chi connectivity index (χ0v) is 5.59. The Morgan fingerprint density at radius 2 is 0.625 bits per heavy atom. The minimum Gasteiger partial charge on any atom is -0.114 e. The lowest BCUT2D eigenvalue weighted by Crippen LogP contribution is -1.47. The van der Waals surface area contributed by atoms with E-state index >= 15 is 0 Å². The summed E-state index contributed by atoms with van der Waals surface area (Å²) in [5.74, 6) is 0. The first-order chi connectivity index (χ1) is 3.00. The average Bonchev–Trinajstić information content (AvgIpc) is 1.72. The molecule has 0 unspecified atom stereocenters. The molecule has 0 heterocycles. The summed E-state index contributed by atoms with van der Waals surface area (Å²) in [4.78, 5) is 0. The van der Waals surface area contributed by atoms with Crippen molar-refractivity contribution in [2.24, 2.45) is 0 Å². The van der Waals surface area contributed by atoms with Gasteiger partial charge in [0.1, 0.15) is 0 Å². The van der Waals surface area contributed by atoms with Crippen molar-refractivity contribution in [2.45, 2.75) is 0 Å². The molecule has 0 atom stereocenters. The van der Waals surface area contributed by atoms with E-state index in [1.807, 2.05) is 36.4 Å². The topological polar surface area (TPSA) is 0 Å². The van der Waals surface area contributed by atoms with Crippen molar-refractivity contribution in [3.8, 4) is 0 Å². The SMILES string of the molecule is Br.[MgH2].c1ccccc1. The summed E-state index contributed by atoms with van der Waals surface area (Å²) in [5.41, 5.74) is 0. The molecular formula is C6H9BrMg. The van der Waals surface area contributed by atoms with Crippen LogP contribution in [-0.2, 0) is 0 Å². The van der Waals surface area contributed by atoms with Crippen molar-refractivity contribution in [3.63, 3.8) is 0 Å². The van der Waals surface area contributed by atoms with Gasteiger partial charge in [-0.15, -0.1) is 17.0 Å². The Morgan fingerprint density at radius 1 is 0.500 bits per heavy atom. The molecule has 0 spiro atoms. The predicted octanol–water partition coefficient (Wildman–Crippen LogP) is 1.35. The lowest BCUT2D eigenvalue weighted by atomic mass is 10.4. The Kier molecular flexibility index (Phi) is 10.5. The Balaban J connectivity index is 0. The zero-order valence-electron chi connectivity index (χ0n) is 3.87. The van der Waals surface area contributed by atoms with Gasteiger partial charge in [0, 0.05) is 0 Å². The number of hydrogen-bond acceptors (Lipinski definition) is 0. The first kappa shape index (κ1) is 11.3. The second-order valence-electron chi connectivity index (χ2n) is 1.15. The van der Waals surface area contributed by atoms with Gasteiger partial charge in [0.25, 0.3) is 0 Å². The molecule has 0 aliphatic heterocycles. The quantitative estimate of drug-likeness (QED) is 0.535. The predicted molar refractivity (Wildman–Crippen MR) is 45.3 cm³/mol. The van der Waals surface area contributed by atoms with E-state index in [1.165, 1.54) is 0 Å². The summed E-state index contributed by atoms with van der Waals surface area (Å²) >= 11 is 0. The van der Waals surface area contributed by atoms with Crippen LogP contribution in [-0.4, -0.2) is 23.1 Å². The highest BCUT2D eigenvalue weighted by Crippen LogP contribution is 1.79. The standard InChI is InChI=1S/C6H6.BrH.Mg.2H/c1-2-4-6-5-3-1;;;;/h1-6H;1H;;;. The summed E-state index contributed by atoms with van der Waals surface area (Å²) in [6.07, 6.45) is 0. The van der Waals surface area contributed by atoms with Gasteiger partial charge < -0.3 is 0 Å². The Bertz CT molecular complexity index is 80.5. The van der Waals surface area contributed by atoms with E-state index in [0.717, 1.165) is 0 Å². The third-order valence-electron chi connectivity index (χ3n) is 0.667. The third kappa shape index (κ3) is 4.62. The Hall–Kier alpha value is 0.466. The summed E-state index contributed by atoms with van der Waals surface area (Å²) in [7, 11) is 0. The molecule has 0 aliphatic rings. The minimum absolute atomic E-state index is 0. The van der Waals surface area contributed by atoms with Crippen LogP contribution in [0.25, 0.3) is 0 Å². The maximum Gasteiger partial charge on any atom is 0.316 e. The van der Waals surface area contributed by atoms with Crippen LogP contribution < -0.4 is 0 Å². The highest BCUT2D eigenvalue weighted by molar-refractivity contribution is 8.93. The van der Waals surface area contributed by atoms with Crippen LogP contribution in [0.2, 0.25) is 0 Å². The minimum atomic E-state index is 0. The Morgan fingerprint density at radius 3 is 0.750 bits per heavy atom. The van der Waals surface area contributed by atoms with Gasteiger partial charge in [0.05, 0.1) is 0 Å². The lowest BCUT2D eigenvalue weighted by Gasteiger charge is -1.69. The zero-order chi connectivity index (χ0) is 4.24. The number of halogens is 1. The van der Waals surface area contributed by atoms with Crippen molar-refractivity contribution >= 4 is 40.0 Å². The van der Waals surface area contributed by atoms with E-state index in [1.54, 1.807) is 0 Å². The van der Waals surface area contributed by atoms with Gasteiger partial charge in [-0.25, -0.2) is 0 Å². The highest BCUT2D eigenvalue weighted by atomic mass is 79.9. The van der Waals surface area contributed by atoms with Crippen LogP contribution in [0.4, 0.5) is 0 Å². The molecule has 2 heteroatoms. The van der Waals surface area contributed by atoms with E-state index in [2.05, 4.69) is 0 Å². The number of hydrogen-bond donors (Lipinski definition) is 0. The lowest BCUT2D eigenvalue weighted by molar-refractivity contribution is 1.72. The molecule has 0 nitrogen and oxygen atoms in total. The van der Waals surface area contributed by atoms with Gasteiger partial charge in [0.2, 0.25) is 0 Å². The molecule has 0 N–H and O–H groups in total. The first-order valence-corrected chi connectivity index (χ1v) is 2.00. The molecule has 1 rings (SSSR count). The van der Waals surface area contributed by atoms with Gasteiger partial charge in [-0.2, -0.15) is 0 Å². The van der Waals surface area contributed by atoms with Crippen molar-refractivity contribution in [1.82, 2.24) is 0 Å². The third-order valence-corrected chi connectivity index (χ3v) is 0.667. The van der Waals surface area contributed by atoms with Gasteiger partial charge >= 0.3 is 23.1 Å². The summed E-state index contributed by atoms with van der Waals surface area (Å²) in [5, 5.41) is 0. The van der Waals surface area contributed by atoms with Crippen LogP contribution in [0, 0.1) is 0 Å². The van der Waals surface area contributed by atoms with Crippen LogP contribution in [0.3, 0.4) is 0 Å². The molecule has 0 saturated heterocycles. The van der Waals surface area contributed by atoms with E-state index in [0.29, 0.717) is 0 Å². The molecule has 1 aromatic carbocycles. The van der Waals surface area contributed by atoms with Gasteiger partial charge in [-0.05, 0) is 0 Å². The smallest absolute Gasteiger partial charge is 0.114 e. The van der Waals surface area contributed by atoms with Crippen LogP contribution >= 0.6 is 17.0 Å². The molecular weight excluding hydrogens is 176 g/mol. The second kappa shape index (κ2) is 7.47. The maximum absolute atomic E-state index is 2.00. The molecule has 0 aliphatic carbocycles. The van der Waals surface area contributed by atoms with Crippen molar-refractivity contribution < 1.29 is 0 Å². The van der Waals surface area contributed by atoms with Crippen LogP contribution in [0.1, 0.15) is 0 Å². The molecule has 0 amide bonds.